The summed E-state index contributed by atoms with van der Waals surface area (Å²) in [6, 6.07) is 9.54. The van der Waals surface area contributed by atoms with Gasteiger partial charge in [-0.2, -0.15) is 0 Å². The van der Waals surface area contributed by atoms with E-state index in [2.05, 4.69) is 15.3 Å². The van der Waals surface area contributed by atoms with Gasteiger partial charge in [0.05, 0.1) is 16.8 Å². The number of aromatic nitrogens is 2. The zero-order valence-electron chi connectivity index (χ0n) is 10.3. The zero-order chi connectivity index (χ0) is 13.2. The summed E-state index contributed by atoms with van der Waals surface area (Å²) in [6.45, 7) is 1.89. The fraction of sp³-hybridized carbons (Fsp3) is 0.0714. The molecule has 0 aliphatic carbocycles. The highest BCUT2D eigenvalue weighted by atomic mass is 32.1. The topological polar surface area (TPSA) is 54.9 Å². The summed E-state index contributed by atoms with van der Waals surface area (Å²) in [5.41, 5.74) is 2.31. The molecule has 0 bridgehead atoms. The molecule has 0 spiro atoms. The van der Waals surface area contributed by atoms with Crippen LogP contribution in [0.15, 0.2) is 41.9 Å². The molecule has 0 saturated heterocycles. The fourth-order valence-electron chi connectivity index (χ4n) is 1.78. The Kier molecular flexibility index (Phi) is 2.97. The van der Waals surface area contributed by atoms with E-state index in [4.69, 9.17) is 0 Å². The molecule has 2 heterocycles. The van der Waals surface area contributed by atoms with Crippen molar-refractivity contribution in [1.29, 1.82) is 0 Å². The number of carbonyl (C=O) groups excluding carboxylic acids is 1. The van der Waals surface area contributed by atoms with E-state index in [-0.39, 0.29) is 5.91 Å². The number of hydrogen-bond acceptors (Lipinski definition) is 4. The van der Waals surface area contributed by atoms with Gasteiger partial charge in [-0.1, -0.05) is 18.2 Å². The van der Waals surface area contributed by atoms with Gasteiger partial charge >= 0.3 is 0 Å². The van der Waals surface area contributed by atoms with Crippen molar-refractivity contribution in [2.45, 2.75) is 6.92 Å². The number of rotatable bonds is 2. The van der Waals surface area contributed by atoms with Crippen molar-refractivity contribution in [3.05, 3.63) is 53.2 Å². The maximum absolute atomic E-state index is 12.1. The highest BCUT2D eigenvalue weighted by Gasteiger charge is 2.09. The van der Waals surface area contributed by atoms with Gasteiger partial charge in [0.2, 0.25) is 0 Å². The number of carbonyl (C=O) groups is 1. The first kappa shape index (κ1) is 11.8. The van der Waals surface area contributed by atoms with E-state index >= 15 is 0 Å². The van der Waals surface area contributed by atoms with Gasteiger partial charge in [0.1, 0.15) is 0 Å². The highest BCUT2D eigenvalue weighted by Crippen LogP contribution is 2.17. The molecule has 94 valence electrons. The predicted octanol–water partition coefficient (Wildman–Crippen LogP) is 3.25. The third-order valence-corrected chi connectivity index (χ3v) is 3.57. The molecule has 3 rings (SSSR count). The maximum Gasteiger partial charge on any atom is 0.259 e. The first-order chi connectivity index (χ1) is 9.22. The minimum atomic E-state index is -0.187. The van der Waals surface area contributed by atoms with Crippen LogP contribution >= 0.6 is 11.3 Å². The lowest BCUT2D eigenvalue weighted by Gasteiger charge is -2.03. The molecule has 0 saturated carbocycles. The number of amides is 1. The van der Waals surface area contributed by atoms with Crippen LogP contribution in [0.25, 0.3) is 10.9 Å². The number of fused-ring (bicyclic) bond motifs is 1. The Bertz CT molecular complexity index is 751. The van der Waals surface area contributed by atoms with Crippen molar-refractivity contribution in [2.24, 2.45) is 0 Å². The molecular formula is C14H11N3OS. The van der Waals surface area contributed by atoms with Crippen LogP contribution < -0.4 is 5.32 Å². The van der Waals surface area contributed by atoms with E-state index in [0.717, 1.165) is 16.6 Å². The van der Waals surface area contributed by atoms with Crippen LogP contribution in [0.5, 0.6) is 0 Å². The minimum absolute atomic E-state index is 0.187. The monoisotopic (exact) mass is 269 g/mol. The van der Waals surface area contributed by atoms with E-state index < -0.39 is 0 Å². The second-order valence-electron chi connectivity index (χ2n) is 4.16. The number of pyridine rings is 1. The fourth-order valence-corrected chi connectivity index (χ4v) is 2.46. The summed E-state index contributed by atoms with van der Waals surface area (Å²) in [4.78, 5) is 20.6. The zero-order valence-corrected chi connectivity index (χ0v) is 11.1. The molecule has 0 aliphatic heterocycles. The van der Waals surface area contributed by atoms with Gasteiger partial charge in [-0.25, -0.2) is 4.98 Å². The smallest absolute Gasteiger partial charge is 0.259 e. The molecule has 0 aliphatic rings. The minimum Gasteiger partial charge on any atom is -0.298 e. The van der Waals surface area contributed by atoms with E-state index in [0.29, 0.717) is 10.7 Å². The van der Waals surface area contributed by atoms with Crippen LogP contribution in [0.3, 0.4) is 0 Å². The van der Waals surface area contributed by atoms with Crippen molar-refractivity contribution in [2.75, 3.05) is 5.32 Å². The van der Waals surface area contributed by atoms with Crippen molar-refractivity contribution >= 4 is 33.3 Å². The van der Waals surface area contributed by atoms with Gasteiger partial charge in [-0.15, -0.1) is 11.3 Å². The molecule has 2 aromatic heterocycles. The molecule has 0 fully saturated rings. The summed E-state index contributed by atoms with van der Waals surface area (Å²) < 4.78 is 0. The van der Waals surface area contributed by atoms with Crippen LogP contribution in [0, 0.1) is 6.92 Å². The van der Waals surface area contributed by atoms with Crippen molar-refractivity contribution < 1.29 is 4.79 Å². The van der Waals surface area contributed by atoms with Crippen LogP contribution in [0.4, 0.5) is 5.13 Å². The van der Waals surface area contributed by atoms with Crippen LogP contribution in [-0.2, 0) is 0 Å². The Morgan fingerprint density at radius 3 is 2.95 bits per heavy atom. The Morgan fingerprint density at radius 2 is 2.16 bits per heavy atom. The van der Waals surface area contributed by atoms with Crippen LogP contribution in [0.1, 0.15) is 16.1 Å². The van der Waals surface area contributed by atoms with Gasteiger partial charge in [-0.05, 0) is 19.1 Å². The molecule has 0 atom stereocenters. The number of aryl methyl sites for hydroxylation is 1. The van der Waals surface area contributed by atoms with Gasteiger partial charge < -0.3 is 0 Å². The van der Waals surface area contributed by atoms with Gasteiger partial charge in [0.25, 0.3) is 5.91 Å². The number of para-hydroxylation sites is 1. The second kappa shape index (κ2) is 4.78. The van der Waals surface area contributed by atoms with E-state index in [1.807, 2.05) is 42.6 Å². The van der Waals surface area contributed by atoms with Crippen LogP contribution in [-0.4, -0.2) is 15.9 Å². The number of nitrogens with one attached hydrogen (secondary N) is 1. The number of thiazole rings is 1. The number of anilines is 1. The Labute approximate surface area is 114 Å². The Balaban J connectivity index is 1.89. The average Bonchev–Trinajstić information content (AvgIpc) is 2.83. The second-order valence-corrected chi connectivity index (χ2v) is 5.02. The van der Waals surface area contributed by atoms with Gasteiger partial charge in [-0.3, -0.25) is 15.1 Å². The quantitative estimate of drug-likeness (QED) is 0.777. The number of hydrogen-bond donors (Lipinski definition) is 1. The summed E-state index contributed by atoms with van der Waals surface area (Å²) in [5, 5.41) is 6.23. The standard InChI is InChI=1S/C14H11N3OS/c1-9-8-19-14(16-9)17-13(18)11-6-10-4-2-3-5-12(10)15-7-11/h2-8H,1H3,(H,16,17,18). The number of nitrogens with zero attached hydrogens (tertiary/aromatic N) is 2. The van der Waals surface area contributed by atoms with E-state index in [9.17, 15) is 4.79 Å². The molecule has 1 amide bonds. The molecule has 3 aromatic rings. The Hall–Kier alpha value is -2.27. The average molecular weight is 269 g/mol. The van der Waals surface area contributed by atoms with Gasteiger partial charge in [0.15, 0.2) is 5.13 Å². The van der Waals surface area contributed by atoms with Crippen molar-refractivity contribution in [1.82, 2.24) is 9.97 Å². The van der Waals surface area contributed by atoms with Crippen molar-refractivity contribution in [3.8, 4) is 0 Å². The summed E-state index contributed by atoms with van der Waals surface area (Å²) in [6.07, 6.45) is 1.58. The third-order valence-electron chi connectivity index (χ3n) is 2.69. The number of benzene rings is 1. The first-order valence-corrected chi connectivity index (χ1v) is 6.68. The molecule has 0 unspecified atom stereocenters. The first-order valence-electron chi connectivity index (χ1n) is 5.81. The normalized spacial score (nSPS) is 10.6. The molecule has 0 radical (unpaired) electrons. The SMILES string of the molecule is Cc1csc(NC(=O)c2cnc3ccccc3c2)n1. The summed E-state index contributed by atoms with van der Waals surface area (Å²) >= 11 is 1.41. The third kappa shape index (κ3) is 2.46. The van der Waals surface area contributed by atoms with E-state index in [1.54, 1.807) is 6.20 Å². The van der Waals surface area contributed by atoms with Crippen LogP contribution in [0.2, 0.25) is 0 Å². The van der Waals surface area contributed by atoms with Gasteiger partial charge in [0, 0.05) is 17.0 Å². The lowest BCUT2D eigenvalue weighted by atomic mass is 10.1. The highest BCUT2D eigenvalue weighted by molar-refractivity contribution is 7.13. The molecule has 5 heteroatoms. The lowest BCUT2D eigenvalue weighted by molar-refractivity contribution is 0.102. The Morgan fingerprint density at radius 1 is 1.32 bits per heavy atom. The molecule has 1 N–H and O–H groups in total. The van der Waals surface area contributed by atoms with Crippen molar-refractivity contribution in [3.63, 3.8) is 0 Å². The predicted molar refractivity (Wildman–Crippen MR) is 76.5 cm³/mol. The largest absolute Gasteiger partial charge is 0.298 e. The molecule has 4 nitrogen and oxygen atoms in total. The molecule has 19 heavy (non-hydrogen) atoms. The summed E-state index contributed by atoms with van der Waals surface area (Å²) in [5.74, 6) is -0.187. The summed E-state index contributed by atoms with van der Waals surface area (Å²) in [7, 11) is 0. The lowest BCUT2D eigenvalue weighted by Crippen LogP contribution is -2.12. The maximum atomic E-state index is 12.1. The molecular weight excluding hydrogens is 258 g/mol. The molecule has 1 aromatic carbocycles. The van der Waals surface area contributed by atoms with E-state index in [1.165, 1.54) is 11.3 Å².